The topological polar surface area (TPSA) is 67.2 Å². The fourth-order valence-electron chi connectivity index (χ4n) is 2.81. The molecule has 0 aliphatic heterocycles. The van der Waals surface area contributed by atoms with Crippen LogP contribution in [0.4, 0.5) is 10.1 Å². The summed E-state index contributed by atoms with van der Waals surface area (Å²) in [6, 6.07) is 3.74. The van der Waals surface area contributed by atoms with Crippen LogP contribution < -0.4 is 5.32 Å². The molecule has 0 amide bonds. The van der Waals surface area contributed by atoms with Crippen molar-refractivity contribution in [1.29, 1.82) is 0 Å². The van der Waals surface area contributed by atoms with E-state index >= 15 is 0 Å². The van der Waals surface area contributed by atoms with E-state index in [2.05, 4.69) is 10.4 Å². The first-order chi connectivity index (χ1) is 10.1. The van der Waals surface area contributed by atoms with E-state index in [1.165, 1.54) is 18.2 Å². The molecule has 1 aromatic carbocycles. The average Bonchev–Trinajstić information content (AvgIpc) is 2.84. The zero-order valence-electron chi connectivity index (χ0n) is 11.6. The molecule has 1 aliphatic carbocycles. The summed E-state index contributed by atoms with van der Waals surface area (Å²) in [5.41, 5.74) is 2.50. The molecule has 110 valence electrons. The van der Waals surface area contributed by atoms with Crippen LogP contribution in [0, 0.1) is 5.82 Å². The molecule has 1 heterocycles. The van der Waals surface area contributed by atoms with Crippen molar-refractivity contribution in [2.45, 2.75) is 25.3 Å². The lowest BCUT2D eigenvalue weighted by atomic mass is 9.92. The first-order valence-corrected chi connectivity index (χ1v) is 6.86. The summed E-state index contributed by atoms with van der Waals surface area (Å²) >= 11 is 0. The first kappa shape index (κ1) is 13.6. The number of rotatable bonds is 3. The summed E-state index contributed by atoms with van der Waals surface area (Å²) in [6.45, 7) is 0. The lowest BCUT2D eigenvalue weighted by molar-refractivity contribution is 0.0697. The number of aromatic nitrogens is 2. The Morgan fingerprint density at radius 2 is 2.33 bits per heavy atom. The van der Waals surface area contributed by atoms with Crippen LogP contribution in [0.25, 0.3) is 0 Å². The summed E-state index contributed by atoms with van der Waals surface area (Å²) in [6.07, 6.45) is 4.62. The van der Waals surface area contributed by atoms with Crippen molar-refractivity contribution in [2.24, 2.45) is 7.05 Å². The molecule has 1 aromatic heterocycles. The van der Waals surface area contributed by atoms with Gasteiger partial charge in [0.2, 0.25) is 0 Å². The fourth-order valence-corrected chi connectivity index (χ4v) is 2.81. The average molecular weight is 289 g/mol. The number of hydrogen-bond donors (Lipinski definition) is 2. The van der Waals surface area contributed by atoms with Gasteiger partial charge in [-0.05, 0) is 37.5 Å². The van der Waals surface area contributed by atoms with E-state index < -0.39 is 11.8 Å². The van der Waals surface area contributed by atoms with Crippen molar-refractivity contribution in [3.63, 3.8) is 0 Å². The molecule has 1 aliphatic rings. The minimum Gasteiger partial charge on any atom is -0.478 e. The van der Waals surface area contributed by atoms with Crippen LogP contribution in [-0.2, 0) is 13.5 Å². The smallest absolute Gasteiger partial charge is 0.335 e. The molecule has 0 bridgehead atoms. The van der Waals surface area contributed by atoms with Crippen LogP contribution in [0.2, 0.25) is 0 Å². The quantitative estimate of drug-likeness (QED) is 0.911. The Morgan fingerprint density at radius 3 is 3.10 bits per heavy atom. The number of carboxylic acid groups (broad SMARTS) is 1. The highest BCUT2D eigenvalue weighted by Crippen LogP contribution is 2.33. The number of carboxylic acids is 1. The minimum absolute atomic E-state index is 0.0407. The molecule has 5 nitrogen and oxygen atoms in total. The van der Waals surface area contributed by atoms with Gasteiger partial charge >= 0.3 is 5.97 Å². The second-order valence-electron chi connectivity index (χ2n) is 5.26. The number of aryl methyl sites for hydroxylation is 1. The number of nitrogens with zero attached hydrogens (tertiary/aromatic N) is 2. The summed E-state index contributed by atoms with van der Waals surface area (Å²) in [4.78, 5) is 11.0. The van der Waals surface area contributed by atoms with Gasteiger partial charge in [0.05, 0.1) is 23.5 Å². The molecule has 0 saturated carbocycles. The van der Waals surface area contributed by atoms with Crippen molar-refractivity contribution < 1.29 is 14.3 Å². The highest BCUT2D eigenvalue weighted by atomic mass is 19.1. The van der Waals surface area contributed by atoms with Gasteiger partial charge in [0.1, 0.15) is 5.82 Å². The van der Waals surface area contributed by atoms with Gasteiger partial charge in [0.15, 0.2) is 0 Å². The number of halogens is 1. The maximum Gasteiger partial charge on any atom is 0.335 e. The van der Waals surface area contributed by atoms with Crippen LogP contribution in [0.1, 0.15) is 40.5 Å². The van der Waals surface area contributed by atoms with Gasteiger partial charge in [-0.3, -0.25) is 4.68 Å². The van der Waals surface area contributed by atoms with Crippen molar-refractivity contribution in [1.82, 2.24) is 9.78 Å². The molecule has 21 heavy (non-hydrogen) atoms. The second kappa shape index (κ2) is 5.20. The van der Waals surface area contributed by atoms with Gasteiger partial charge < -0.3 is 10.4 Å². The molecular weight excluding hydrogens is 273 g/mol. The monoisotopic (exact) mass is 289 g/mol. The Labute approximate surface area is 121 Å². The SMILES string of the molecule is Cn1ncc2c1CCCC2Nc1cc(C(=O)O)ccc1F. The fraction of sp³-hybridized carbons (Fsp3) is 0.333. The lowest BCUT2D eigenvalue weighted by Crippen LogP contribution is -2.18. The second-order valence-corrected chi connectivity index (χ2v) is 5.26. The molecule has 0 radical (unpaired) electrons. The van der Waals surface area contributed by atoms with E-state index in [0.29, 0.717) is 0 Å². The van der Waals surface area contributed by atoms with E-state index in [0.717, 1.165) is 30.5 Å². The van der Waals surface area contributed by atoms with Crippen LogP contribution in [0.15, 0.2) is 24.4 Å². The van der Waals surface area contributed by atoms with Crippen molar-refractivity contribution in [3.05, 3.63) is 47.0 Å². The number of nitrogens with one attached hydrogen (secondary N) is 1. The Bertz CT molecular complexity index is 696. The standard InChI is InChI=1S/C15H16FN3O2/c1-19-14-4-2-3-12(10(14)8-17-19)18-13-7-9(15(20)21)5-6-11(13)16/h5-8,12,18H,2-4H2,1H3,(H,20,21). The summed E-state index contributed by atoms with van der Waals surface area (Å²) in [7, 11) is 1.90. The molecule has 1 unspecified atom stereocenters. The summed E-state index contributed by atoms with van der Waals surface area (Å²) in [5.74, 6) is -1.51. The maximum atomic E-state index is 13.9. The molecular formula is C15H16FN3O2. The number of anilines is 1. The molecule has 0 saturated heterocycles. The Kier molecular flexibility index (Phi) is 3.37. The van der Waals surface area contributed by atoms with Crippen LogP contribution >= 0.6 is 0 Å². The number of aromatic carboxylic acids is 1. The van der Waals surface area contributed by atoms with E-state index in [4.69, 9.17) is 5.11 Å². The molecule has 6 heteroatoms. The van der Waals surface area contributed by atoms with E-state index in [1.807, 2.05) is 11.7 Å². The minimum atomic E-state index is -1.07. The molecule has 2 N–H and O–H groups in total. The molecule has 3 rings (SSSR count). The molecule has 2 aromatic rings. The number of hydrogen-bond acceptors (Lipinski definition) is 3. The number of benzene rings is 1. The predicted molar refractivity (Wildman–Crippen MR) is 75.9 cm³/mol. The third-order valence-corrected chi connectivity index (χ3v) is 3.92. The summed E-state index contributed by atoms with van der Waals surface area (Å²) in [5, 5.41) is 16.4. The maximum absolute atomic E-state index is 13.9. The van der Waals surface area contributed by atoms with Crippen molar-refractivity contribution in [2.75, 3.05) is 5.32 Å². The van der Waals surface area contributed by atoms with Crippen molar-refractivity contribution in [3.8, 4) is 0 Å². The van der Waals surface area contributed by atoms with E-state index in [1.54, 1.807) is 6.20 Å². The number of fused-ring (bicyclic) bond motifs is 1. The van der Waals surface area contributed by atoms with Gasteiger partial charge in [0, 0.05) is 18.3 Å². The van der Waals surface area contributed by atoms with Crippen LogP contribution in [-0.4, -0.2) is 20.9 Å². The highest BCUT2D eigenvalue weighted by Gasteiger charge is 2.24. The van der Waals surface area contributed by atoms with E-state index in [9.17, 15) is 9.18 Å². The first-order valence-electron chi connectivity index (χ1n) is 6.86. The predicted octanol–water partition coefficient (Wildman–Crippen LogP) is 2.75. The molecule has 0 spiro atoms. The van der Waals surface area contributed by atoms with Gasteiger partial charge in [0.25, 0.3) is 0 Å². The van der Waals surface area contributed by atoms with Crippen LogP contribution in [0.3, 0.4) is 0 Å². The third kappa shape index (κ3) is 2.49. The highest BCUT2D eigenvalue weighted by molar-refractivity contribution is 5.88. The molecule has 0 fully saturated rings. The zero-order valence-corrected chi connectivity index (χ0v) is 11.6. The third-order valence-electron chi connectivity index (χ3n) is 3.92. The normalized spacial score (nSPS) is 17.3. The van der Waals surface area contributed by atoms with Gasteiger partial charge in [-0.15, -0.1) is 0 Å². The van der Waals surface area contributed by atoms with E-state index in [-0.39, 0.29) is 17.3 Å². The van der Waals surface area contributed by atoms with Crippen molar-refractivity contribution >= 4 is 11.7 Å². The van der Waals surface area contributed by atoms with Gasteiger partial charge in [-0.1, -0.05) is 0 Å². The van der Waals surface area contributed by atoms with Gasteiger partial charge in [-0.2, -0.15) is 5.10 Å². The van der Waals surface area contributed by atoms with Crippen LogP contribution in [0.5, 0.6) is 0 Å². The number of carbonyl (C=O) groups is 1. The lowest BCUT2D eigenvalue weighted by Gasteiger charge is -2.25. The summed E-state index contributed by atoms with van der Waals surface area (Å²) < 4.78 is 15.7. The van der Waals surface area contributed by atoms with Gasteiger partial charge in [-0.25, -0.2) is 9.18 Å². The Balaban J connectivity index is 1.91. The zero-order chi connectivity index (χ0) is 15.0. The molecule has 1 atom stereocenters. The largest absolute Gasteiger partial charge is 0.478 e. The Hall–Kier alpha value is -2.37. The Morgan fingerprint density at radius 1 is 1.52 bits per heavy atom.